The minimum Gasteiger partial charge on any atom is -0.379 e. The number of ether oxygens (including phenoxy) is 3. The molecule has 0 aliphatic carbocycles. The number of fused-ring (bicyclic) bond motifs is 1. The number of amides is 3. The van der Waals surface area contributed by atoms with E-state index in [1.165, 1.54) is 0 Å². The number of hydrogen-bond acceptors (Lipinski definition) is 7. The first-order valence-corrected chi connectivity index (χ1v) is 13.1. The molecule has 2 fully saturated rings. The van der Waals surface area contributed by atoms with E-state index in [4.69, 9.17) is 19.9 Å². The highest BCUT2D eigenvalue weighted by Gasteiger charge is 2.42. The molecule has 0 saturated carbocycles. The lowest BCUT2D eigenvalue weighted by Gasteiger charge is -2.16. The number of carbonyl (C=O) groups is 2. The average molecular weight is 477 g/mol. The van der Waals surface area contributed by atoms with E-state index in [1.807, 2.05) is 25.6 Å². The summed E-state index contributed by atoms with van der Waals surface area (Å²) >= 11 is 1.92. The van der Waals surface area contributed by atoms with Crippen LogP contribution in [-0.4, -0.2) is 87.8 Å². The van der Waals surface area contributed by atoms with Crippen LogP contribution in [0.1, 0.15) is 52.4 Å². The molecule has 5 N–H and O–H groups in total. The molecule has 9 nitrogen and oxygen atoms in total. The van der Waals surface area contributed by atoms with E-state index in [-0.39, 0.29) is 24.0 Å². The third-order valence-corrected chi connectivity index (χ3v) is 6.61. The minimum absolute atomic E-state index is 0.0464. The topological polar surface area (TPSA) is 124 Å². The standard InChI is InChI=1S/C20H38N4O5S.C2H6/c21-7-3-9-27-11-13-29-14-12-28-10-4-8-22-18(25)6-2-1-5-17-19-16(15-30-17)23-20(26)24-19;1-2/h16-17,19H,1-15,21H2,(H,22,25)(H2,23,24,26);1-2H3. The monoisotopic (exact) mass is 476 g/mol. The summed E-state index contributed by atoms with van der Waals surface area (Å²) in [4.78, 5) is 23.3. The van der Waals surface area contributed by atoms with Crippen LogP contribution < -0.4 is 21.7 Å². The lowest BCUT2D eigenvalue weighted by atomic mass is 10.0. The van der Waals surface area contributed by atoms with Crippen LogP contribution in [0, 0.1) is 0 Å². The number of thioether (sulfide) groups is 1. The first-order valence-electron chi connectivity index (χ1n) is 12.1. The molecule has 0 spiro atoms. The molecule has 188 valence electrons. The van der Waals surface area contributed by atoms with Gasteiger partial charge in [0.25, 0.3) is 0 Å². The molecule has 2 aliphatic heterocycles. The second-order valence-corrected chi connectivity index (χ2v) is 8.82. The summed E-state index contributed by atoms with van der Waals surface area (Å²) in [5, 5.41) is 9.36. The summed E-state index contributed by atoms with van der Waals surface area (Å²) in [5.41, 5.74) is 5.38. The maximum Gasteiger partial charge on any atom is 0.315 e. The van der Waals surface area contributed by atoms with Crippen LogP contribution in [0.3, 0.4) is 0 Å². The van der Waals surface area contributed by atoms with Crippen molar-refractivity contribution in [3.05, 3.63) is 0 Å². The molecule has 10 heteroatoms. The number of urea groups is 1. The molecule has 0 aromatic carbocycles. The highest BCUT2D eigenvalue weighted by molar-refractivity contribution is 8.00. The van der Waals surface area contributed by atoms with Gasteiger partial charge in [-0.1, -0.05) is 20.3 Å². The van der Waals surface area contributed by atoms with Gasteiger partial charge in [-0.2, -0.15) is 11.8 Å². The summed E-state index contributed by atoms with van der Waals surface area (Å²) < 4.78 is 16.2. The van der Waals surface area contributed by atoms with Crippen molar-refractivity contribution >= 4 is 23.7 Å². The van der Waals surface area contributed by atoms with Crippen molar-refractivity contribution in [3.63, 3.8) is 0 Å². The van der Waals surface area contributed by atoms with Crippen molar-refractivity contribution in [3.8, 4) is 0 Å². The molecule has 0 radical (unpaired) electrons. The van der Waals surface area contributed by atoms with Crippen molar-refractivity contribution in [2.24, 2.45) is 5.73 Å². The smallest absolute Gasteiger partial charge is 0.315 e. The molecule has 0 aromatic rings. The Morgan fingerprint density at radius 2 is 1.66 bits per heavy atom. The maximum atomic E-state index is 11.9. The molecule has 2 rings (SSSR count). The Hall–Kier alpha value is -1.07. The summed E-state index contributed by atoms with van der Waals surface area (Å²) in [7, 11) is 0. The van der Waals surface area contributed by atoms with Gasteiger partial charge in [-0.25, -0.2) is 4.79 Å². The summed E-state index contributed by atoms with van der Waals surface area (Å²) in [6, 6.07) is 0.469. The van der Waals surface area contributed by atoms with Gasteiger partial charge in [0.05, 0.1) is 38.5 Å². The van der Waals surface area contributed by atoms with Crippen LogP contribution in [0.4, 0.5) is 4.79 Å². The van der Waals surface area contributed by atoms with Crippen LogP contribution in [-0.2, 0) is 19.0 Å². The largest absolute Gasteiger partial charge is 0.379 e. The van der Waals surface area contributed by atoms with Gasteiger partial charge in [0.2, 0.25) is 5.91 Å². The molecular formula is C22H44N4O5S. The predicted octanol–water partition coefficient (Wildman–Crippen LogP) is 1.64. The first-order chi connectivity index (χ1) is 15.7. The van der Waals surface area contributed by atoms with Gasteiger partial charge >= 0.3 is 6.03 Å². The van der Waals surface area contributed by atoms with Crippen molar-refractivity contribution in [1.82, 2.24) is 16.0 Å². The number of hydrogen-bond donors (Lipinski definition) is 4. The highest BCUT2D eigenvalue weighted by atomic mass is 32.2. The lowest BCUT2D eigenvalue weighted by molar-refractivity contribution is -0.121. The molecular weight excluding hydrogens is 432 g/mol. The molecule has 2 heterocycles. The zero-order chi connectivity index (χ0) is 23.4. The Labute approximate surface area is 197 Å². The van der Waals surface area contributed by atoms with E-state index in [9.17, 15) is 9.59 Å². The third kappa shape index (κ3) is 12.8. The zero-order valence-corrected chi connectivity index (χ0v) is 20.7. The average Bonchev–Trinajstić information content (AvgIpc) is 3.35. The Kier molecular flexibility index (Phi) is 17.6. The van der Waals surface area contributed by atoms with E-state index < -0.39 is 0 Å². The minimum atomic E-state index is -0.0464. The van der Waals surface area contributed by atoms with E-state index in [1.54, 1.807) is 0 Å². The quantitative estimate of drug-likeness (QED) is 0.175. The molecule has 0 aromatic heterocycles. The van der Waals surface area contributed by atoms with E-state index in [2.05, 4.69) is 16.0 Å². The van der Waals surface area contributed by atoms with Crippen molar-refractivity contribution in [2.45, 2.75) is 69.7 Å². The summed E-state index contributed by atoms with van der Waals surface area (Å²) in [5.74, 6) is 1.08. The number of unbranched alkanes of at least 4 members (excludes halogenated alkanes) is 1. The van der Waals surface area contributed by atoms with Crippen LogP contribution in [0.2, 0.25) is 0 Å². The molecule has 2 aliphatic rings. The SMILES string of the molecule is CC.NCCCOCCOCCOCCCNC(=O)CCCCC1SCC2NC(=O)NC21. The fourth-order valence-corrected chi connectivity index (χ4v) is 5.04. The normalized spacial score (nSPS) is 21.3. The van der Waals surface area contributed by atoms with Crippen molar-refractivity contribution in [1.29, 1.82) is 0 Å². The molecule has 3 atom stereocenters. The predicted molar refractivity (Wildman–Crippen MR) is 129 cm³/mol. The molecule has 2 saturated heterocycles. The maximum absolute atomic E-state index is 11.9. The summed E-state index contributed by atoms with van der Waals surface area (Å²) in [6.45, 7) is 8.82. The zero-order valence-electron chi connectivity index (χ0n) is 19.9. The third-order valence-electron chi connectivity index (χ3n) is 5.11. The van der Waals surface area contributed by atoms with Gasteiger partial charge in [-0.3, -0.25) is 4.79 Å². The van der Waals surface area contributed by atoms with E-state index >= 15 is 0 Å². The molecule has 0 bridgehead atoms. The molecule has 3 unspecified atom stereocenters. The van der Waals surface area contributed by atoms with Crippen LogP contribution in [0.5, 0.6) is 0 Å². The van der Waals surface area contributed by atoms with Gasteiger partial charge in [-0.15, -0.1) is 0 Å². The second kappa shape index (κ2) is 19.4. The Balaban J connectivity index is 0.00000249. The van der Waals surface area contributed by atoms with Crippen molar-refractivity contribution < 1.29 is 23.8 Å². The molecule has 32 heavy (non-hydrogen) atoms. The van der Waals surface area contributed by atoms with Crippen LogP contribution in [0.25, 0.3) is 0 Å². The van der Waals surface area contributed by atoms with Crippen LogP contribution in [0.15, 0.2) is 0 Å². The van der Waals surface area contributed by atoms with Gasteiger partial charge in [-0.05, 0) is 32.2 Å². The van der Waals surface area contributed by atoms with E-state index in [0.717, 1.165) is 37.9 Å². The van der Waals surface area contributed by atoms with Gasteiger partial charge < -0.3 is 35.9 Å². The second-order valence-electron chi connectivity index (χ2n) is 7.55. The number of carbonyl (C=O) groups excluding carboxylic acids is 2. The number of nitrogens with two attached hydrogens (primary N) is 1. The number of rotatable bonds is 18. The highest BCUT2D eigenvalue weighted by Crippen LogP contribution is 2.33. The van der Waals surface area contributed by atoms with Gasteiger partial charge in [0.1, 0.15) is 0 Å². The Morgan fingerprint density at radius 1 is 1.00 bits per heavy atom. The summed E-state index contributed by atoms with van der Waals surface area (Å²) in [6.07, 6.45) is 5.15. The fraction of sp³-hybridized carbons (Fsp3) is 0.909. The van der Waals surface area contributed by atoms with Gasteiger partial charge in [0, 0.05) is 37.2 Å². The fourth-order valence-electron chi connectivity index (χ4n) is 3.49. The van der Waals surface area contributed by atoms with Gasteiger partial charge in [0.15, 0.2) is 0 Å². The van der Waals surface area contributed by atoms with E-state index in [0.29, 0.717) is 64.4 Å². The Morgan fingerprint density at radius 3 is 2.34 bits per heavy atom. The Bertz CT molecular complexity index is 501. The number of nitrogens with one attached hydrogen (secondary N) is 3. The first kappa shape index (κ1) is 29.0. The molecule has 3 amide bonds. The lowest BCUT2D eigenvalue weighted by Crippen LogP contribution is -2.36. The van der Waals surface area contributed by atoms with Crippen molar-refractivity contribution in [2.75, 3.05) is 58.5 Å². The van der Waals surface area contributed by atoms with Crippen LogP contribution >= 0.6 is 11.8 Å².